The number of aromatic nitrogens is 4. The fraction of sp³-hybridized carbons (Fsp3) is 0. The van der Waals surface area contributed by atoms with Crippen molar-refractivity contribution in [3.63, 3.8) is 0 Å². The molecule has 0 spiro atoms. The van der Waals surface area contributed by atoms with Crippen LogP contribution in [-0.4, -0.2) is 19.5 Å². The summed E-state index contributed by atoms with van der Waals surface area (Å²) in [6.45, 7) is 0. The molecule has 0 aliphatic rings. The van der Waals surface area contributed by atoms with Crippen LogP contribution < -0.4 is 0 Å². The van der Waals surface area contributed by atoms with Crippen LogP contribution in [-0.2, 0) is 0 Å². The number of furan rings is 1. The molecule has 3 heterocycles. The van der Waals surface area contributed by atoms with E-state index in [1.54, 1.807) is 0 Å². The highest BCUT2D eigenvalue weighted by Gasteiger charge is 2.20. The van der Waals surface area contributed by atoms with E-state index in [1.807, 2.05) is 60.7 Å². The Morgan fingerprint density at radius 2 is 0.926 bits per heavy atom. The van der Waals surface area contributed by atoms with E-state index in [-0.39, 0.29) is 0 Å². The maximum absolute atomic E-state index is 6.69. The molecule has 0 amide bonds. The summed E-state index contributed by atoms with van der Waals surface area (Å²) in [6.07, 6.45) is 0. The van der Waals surface area contributed by atoms with Gasteiger partial charge in [-0.05, 0) is 59.0 Å². The molecule has 0 atom stereocenters. The Morgan fingerprint density at radius 1 is 0.352 bits per heavy atom. The number of benzene rings is 8. The Morgan fingerprint density at radius 3 is 1.63 bits per heavy atom. The molecule has 5 heteroatoms. The van der Waals surface area contributed by atoms with E-state index in [1.165, 1.54) is 21.9 Å². The fourth-order valence-corrected chi connectivity index (χ4v) is 7.90. The van der Waals surface area contributed by atoms with Crippen molar-refractivity contribution in [2.45, 2.75) is 0 Å². The second-order valence-corrected chi connectivity index (χ2v) is 13.6. The molecule has 0 saturated carbocycles. The molecule has 0 fully saturated rings. The van der Waals surface area contributed by atoms with Crippen LogP contribution in [0.15, 0.2) is 186 Å². The zero-order valence-corrected chi connectivity index (χ0v) is 29.0. The third-order valence-corrected chi connectivity index (χ3v) is 10.4. The van der Waals surface area contributed by atoms with Crippen LogP contribution in [0.5, 0.6) is 0 Å². The van der Waals surface area contributed by atoms with Crippen molar-refractivity contribution in [2.24, 2.45) is 0 Å². The lowest BCUT2D eigenvalue weighted by atomic mass is 9.99. The lowest BCUT2D eigenvalue weighted by Gasteiger charge is -2.11. The third-order valence-electron chi connectivity index (χ3n) is 10.4. The lowest BCUT2D eigenvalue weighted by Crippen LogP contribution is -2.00. The zero-order chi connectivity index (χ0) is 35.6. The molecule has 5 nitrogen and oxygen atoms in total. The van der Waals surface area contributed by atoms with Gasteiger partial charge in [0.15, 0.2) is 17.5 Å². The van der Waals surface area contributed by atoms with E-state index in [9.17, 15) is 0 Å². The summed E-state index contributed by atoms with van der Waals surface area (Å²) in [7, 11) is 0. The normalized spacial score (nSPS) is 11.7. The molecular weight excluding hydrogens is 661 g/mol. The molecule has 252 valence electrons. The second kappa shape index (κ2) is 12.1. The van der Waals surface area contributed by atoms with E-state index in [0.29, 0.717) is 17.5 Å². The largest absolute Gasteiger partial charge is 0.455 e. The van der Waals surface area contributed by atoms with Gasteiger partial charge < -0.3 is 8.98 Å². The highest BCUT2D eigenvalue weighted by atomic mass is 16.3. The van der Waals surface area contributed by atoms with E-state index >= 15 is 0 Å². The quantitative estimate of drug-likeness (QED) is 0.180. The van der Waals surface area contributed by atoms with Gasteiger partial charge in [0.1, 0.15) is 11.2 Å². The number of para-hydroxylation sites is 1. The maximum Gasteiger partial charge on any atom is 0.164 e. The Balaban J connectivity index is 1.15. The van der Waals surface area contributed by atoms with Crippen molar-refractivity contribution in [3.8, 4) is 51.0 Å². The average Bonchev–Trinajstić information content (AvgIpc) is 3.79. The zero-order valence-electron chi connectivity index (χ0n) is 29.0. The van der Waals surface area contributed by atoms with Gasteiger partial charge in [-0.15, -0.1) is 0 Å². The minimum Gasteiger partial charge on any atom is -0.455 e. The highest BCUT2D eigenvalue weighted by Crippen LogP contribution is 2.41. The molecule has 3 aromatic heterocycles. The Hall–Kier alpha value is -7.37. The number of nitrogens with zero attached hydrogens (tertiary/aromatic N) is 4. The molecule has 11 rings (SSSR count). The number of rotatable bonds is 5. The van der Waals surface area contributed by atoms with Gasteiger partial charge in [-0.2, -0.15) is 0 Å². The summed E-state index contributed by atoms with van der Waals surface area (Å²) in [5.74, 6) is 1.87. The van der Waals surface area contributed by atoms with Crippen molar-refractivity contribution in [1.29, 1.82) is 0 Å². The molecule has 8 aromatic carbocycles. The van der Waals surface area contributed by atoms with Crippen LogP contribution in [0.4, 0.5) is 0 Å². The molecule has 0 aliphatic heterocycles. The monoisotopic (exact) mass is 690 g/mol. The van der Waals surface area contributed by atoms with Crippen molar-refractivity contribution in [3.05, 3.63) is 182 Å². The summed E-state index contributed by atoms with van der Waals surface area (Å²) >= 11 is 0. The summed E-state index contributed by atoms with van der Waals surface area (Å²) in [5, 5.41) is 6.50. The van der Waals surface area contributed by atoms with Crippen molar-refractivity contribution in [1.82, 2.24) is 19.5 Å². The molecule has 0 unspecified atom stereocenters. The molecule has 0 saturated heterocycles. The molecular formula is C49H30N4O. The topological polar surface area (TPSA) is 56.7 Å². The highest BCUT2D eigenvalue weighted by molar-refractivity contribution is 6.19. The standard InChI is InChI=1S/C49H30N4O/c1-4-14-31(15-5-1)34-24-26-44-39(28-34)37-21-12-13-23-43(37)53(44)35-25-27-45-40(29-35)41-30-42(36-20-10-11-22-38(36)46(41)54-45)49-51-47(32-16-6-2-7-17-32)50-48(52-49)33-18-8-3-9-19-33/h1-30H. The molecule has 0 radical (unpaired) electrons. The van der Waals surface area contributed by atoms with Gasteiger partial charge >= 0.3 is 0 Å². The summed E-state index contributed by atoms with van der Waals surface area (Å²) in [4.78, 5) is 15.2. The van der Waals surface area contributed by atoms with Crippen molar-refractivity contribution >= 4 is 54.5 Å². The van der Waals surface area contributed by atoms with Gasteiger partial charge in [0, 0.05) is 49.3 Å². The number of hydrogen-bond donors (Lipinski definition) is 0. The van der Waals surface area contributed by atoms with Gasteiger partial charge in [0.25, 0.3) is 0 Å². The smallest absolute Gasteiger partial charge is 0.164 e. The Labute approximate surface area is 310 Å². The van der Waals surface area contributed by atoms with Gasteiger partial charge in [-0.25, -0.2) is 15.0 Å². The number of fused-ring (bicyclic) bond motifs is 8. The second-order valence-electron chi connectivity index (χ2n) is 13.6. The summed E-state index contributed by atoms with van der Waals surface area (Å²) in [5.41, 5.74) is 10.2. The first kappa shape index (κ1) is 30.3. The van der Waals surface area contributed by atoms with Crippen LogP contribution in [0.2, 0.25) is 0 Å². The van der Waals surface area contributed by atoms with Gasteiger partial charge in [-0.3, -0.25) is 0 Å². The average molecular weight is 691 g/mol. The molecule has 11 aromatic rings. The number of hydrogen-bond acceptors (Lipinski definition) is 4. The first-order chi connectivity index (χ1) is 26.8. The van der Waals surface area contributed by atoms with Gasteiger partial charge in [0.05, 0.1) is 11.0 Å². The SMILES string of the molecule is c1ccc(-c2ccc3c(c2)c2ccccc2n3-c2ccc3oc4c5ccccc5c(-c5nc(-c6ccccc6)nc(-c6ccccc6)n5)cc4c3c2)cc1. The van der Waals surface area contributed by atoms with Crippen LogP contribution in [0.1, 0.15) is 0 Å². The van der Waals surface area contributed by atoms with E-state index < -0.39 is 0 Å². The summed E-state index contributed by atoms with van der Waals surface area (Å²) < 4.78 is 9.06. The molecule has 0 aliphatic carbocycles. The first-order valence-electron chi connectivity index (χ1n) is 18.1. The molecule has 0 bridgehead atoms. The Bertz CT molecular complexity index is 3140. The van der Waals surface area contributed by atoms with Crippen molar-refractivity contribution in [2.75, 3.05) is 0 Å². The predicted molar refractivity (Wildman–Crippen MR) is 221 cm³/mol. The van der Waals surface area contributed by atoms with Crippen molar-refractivity contribution < 1.29 is 4.42 Å². The first-order valence-corrected chi connectivity index (χ1v) is 18.1. The minimum atomic E-state index is 0.614. The van der Waals surface area contributed by atoms with Crippen LogP contribution in [0, 0.1) is 0 Å². The van der Waals surface area contributed by atoms with Gasteiger partial charge in [-0.1, -0.05) is 140 Å². The Kier molecular flexibility index (Phi) is 6.79. The third kappa shape index (κ3) is 4.83. The molecule has 0 N–H and O–H groups in total. The van der Waals surface area contributed by atoms with E-state index in [0.717, 1.165) is 66.1 Å². The van der Waals surface area contributed by atoms with E-state index in [4.69, 9.17) is 19.4 Å². The maximum atomic E-state index is 6.69. The fourth-order valence-electron chi connectivity index (χ4n) is 7.90. The van der Waals surface area contributed by atoms with E-state index in [2.05, 4.69) is 126 Å². The minimum absolute atomic E-state index is 0.614. The van der Waals surface area contributed by atoms with Crippen LogP contribution in [0.3, 0.4) is 0 Å². The predicted octanol–water partition coefficient (Wildman–Crippen LogP) is 12.7. The van der Waals surface area contributed by atoms with Gasteiger partial charge in [0.2, 0.25) is 0 Å². The lowest BCUT2D eigenvalue weighted by molar-refractivity contribution is 0.672. The molecule has 54 heavy (non-hydrogen) atoms. The van der Waals surface area contributed by atoms with Crippen LogP contribution >= 0.6 is 0 Å². The summed E-state index contributed by atoms with van der Waals surface area (Å²) in [6, 6.07) is 63.3. The van der Waals surface area contributed by atoms with Crippen LogP contribution in [0.25, 0.3) is 105 Å².